The van der Waals surface area contributed by atoms with E-state index in [4.69, 9.17) is 11.6 Å². The Kier molecular flexibility index (Phi) is 5.75. The van der Waals surface area contributed by atoms with Crippen molar-refractivity contribution in [3.63, 3.8) is 0 Å². The number of benzene rings is 3. The third-order valence-electron chi connectivity index (χ3n) is 5.12. The van der Waals surface area contributed by atoms with E-state index in [1.54, 1.807) is 0 Å². The van der Waals surface area contributed by atoms with Crippen molar-refractivity contribution in [2.75, 3.05) is 0 Å². The average Bonchev–Trinajstić information content (AvgIpc) is 2.77. The van der Waals surface area contributed by atoms with Gasteiger partial charge in [0.2, 0.25) is 0 Å². The lowest BCUT2D eigenvalue weighted by Crippen LogP contribution is -2.23. The zero-order valence-electron chi connectivity index (χ0n) is 16.0. The van der Waals surface area contributed by atoms with Crippen molar-refractivity contribution in [3.8, 4) is 0 Å². The van der Waals surface area contributed by atoms with Crippen LogP contribution in [0.4, 0.5) is 0 Å². The van der Waals surface area contributed by atoms with Crippen molar-refractivity contribution in [1.29, 1.82) is 0 Å². The molecule has 3 heteroatoms. The number of aryl methyl sites for hydroxylation is 1. The monoisotopic (exact) mass is 399 g/mol. The van der Waals surface area contributed by atoms with Crippen molar-refractivity contribution in [1.82, 2.24) is 4.98 Å². The number of aliphatic hydroxyl groups is 1. The van der Waals surface area contributed by atoms with Crippen LogP contribution < -0.4 is 0 Å². The van der Waals surface area contributed by atoms with E-state index in [1.807, 2.05) is 91.0 Å². The number of rotatable bonds is 6. The molecule has 1 unspecified atom stereocenters. The molecule has 0 saturated carbocycles. The Morgan fingerprint density at radius 1 is 0.862 bits per heavy atom. The Labute approximate surface area is 176 Å². The minimum Gasteiger partial charge on any atom is -0.381 e. The Hall–Kier alpha value is -2.94. The van der Waals surface area contributed by atoms with E-state index in [0.29, 0.717) is 11.4 Å². The lowest BCUT2D eigenvalue weighted by Gasteiger charge is -2.25. The highest BCUT2D eigenvalue weighted by Crippen LogP contribution is 2.29. The summed E-state index contributed by atoms with van der Waals surface area (Å²) < 4.78 is 0. The minimum atomic E-state index is -1.08. The van der Waals surface area contributed by atoms with Gasteiger partial charge >= 0.3 is 0 Å². The maximum atomic E-state index is 11.5. The number of pyridine rings is 1. The molecule has 1 heterocycles. The molecule has 3 aromatic carbocycles. The highest BCUT2D eigenvalue weighted by atomic mass is 35.5. The lowest BCUT2D eigenvalue weighted by molar-refractivity contribution is 0.0807. The predicted octanol–water partition coefficient (Wildman–Crippen LogP) is 6.42. The Morgan fingerprint density at radius 2 is 1.55 bits per heavy atom. The number of halogens is 1. The standard InChI is InChI=1S/C26H22ClNO/c27-23-13-11-21-12-14-24(28-25(21)19-23)16-18-26(29,22-9-5-2-6-10-22)17-15-20-7-3-1-4-8-20/h1-14,16,18-19,29H,15,17H2. The number of nitrogens with zero attached hydrogens (tertiary/aromatic N) is 1. The predicted molar refractivity (Wildman–Crippen MR) is 121 cm³/mol. The van der Waals surface area contributed by atoms with Gasteiger partial charge in [0.05, 0.1) is 11.2 Å². The summed E-state index contributed by atoms with van der Waals surface area (Å²) in [5, 5.41) is 13.2. The second kappa shape index (κ2) is 8.60. The van der Waals surface area contributed by atoms with E-state index in [2.05, 4.69) is 17.1 Å². The largest absolute Gasteiger partial charge is 0.381 e. The smallest absolute Gasteiger partial charge is 0.108 e. The second-order valence-electron chi connectivity index (χ2n) is 7.18. The normalized spacial score (nSPS) is 13.6. The van der Waals surface area contributed by atoms with Gasteiger partial charge in [0, 0.05) is 10.4 Å². The molecular formula is C26H22ClNO. The summed E-state index contributed by atoms with van der Waals surface area (Å²) in [6, 6.07) is 29.7. The van der Waals surface area contributed by atoms with Gasteiger partial charge in [-0.25, -0.2) is 4.98 Å². The second-order valence-corrected chi connectivity index (χ2v) is 7.62. The summed E-state index contributed by atoms with van der Waals surface area (Å²) in [4.78, 5) is 4.67. The number of aromatic nitrogens is 1. The van der Waals surface area contributed by atoms with Crippen LogP contribution in [-0.2, 0) is 12.0 Å². The molecule has 1 atom stereocenters. The molecule has 0 aliphatic heterocycles. The fourth-order valence-corrected chi connectivity index (χ4v) is 3.62. The molecule has 0 radical (unpaired) electrons. The first-order valence-corrected chi connectivity index (χ1v) is 10.1. The number of hydrogen-bond donors (Lipinski definition) is 1. The van der Waals surface area contributed by atoms with E-state index in [1.165, 1.54) is 5.56 Å². The molecule has 0 aliphatic carbocycles. The van der Waals surface area contributed by atoms with E-state index in [0.717, 1.165) is 28.6 Å². The van der Waals surface area contributed by atoms with E-state index in [9.17, 15) is 5.11 Å². The molecule has 144 valence electrons. The van der Waals surface area contributed by atoms with Crippen LogP contribution in [0.5, 0.6) is 0 Å². The molecule has 29 heavy (non-hydrogen) atoms. The average molecular weight is 400 g/mol. The first-order valence-electron chi connectivity index (χ1n) is 9.70. The molecular weight excluding hydrogens is 378 g/mol. The quantitative estimate of drug-likeness (QED) is 0.405. The molecule has 0 fully saturated rings. The molecule has 1 aromatic heterocycles. The SMILES string of the molecule is OC(C=Cc1ccc2ccc(Cl)cc2n1)(CCc1ccccc1)c1ccccc1. The van der Waals surface area contributed by atoms with Gasteiger partial charge in [-0.05, 0) is 54.3 Å². The van der Waals surface area contributed by atoms with Gasteiger partial charge in [0.15, 0.2) is 0 Å². The summed E-state index contributed by atoms with van der Waals surface area (Å²) in [5.41, 5.74) is 2.62. The lowest BCUT2D eigenvalue weighted by atomic mass is 9.87. The molecule has 0 saturated heterocycles. The molecule has 0 bridgehead atoms. The van der Waals surface area contributed by atoms with Gasteiger partial charge in [-0.15, -0.1) is 0 Å². The first-order chi connectivity index (χ1) is 14.1. The van der Waals surface area contributed by atoms with Crippen LogP contribution in [0.15, 0.2) is 97.1 Å². The fourth-order valence-electron chi connectivity index (χ4n) is 3.45. The van der Waals surface area contributed by atoms with Crippen LogP contribution in [-0.4, -0.2) is 10.1 Å². The Bertz CT molecular complexity index is 1130. The Balaban J connectivity index is 1.64. The molecule has 4 aromatic rings. The van der Waals surface area contributed by atoms with Gasteiger partial charge in [0.1, 0.15) is 5.60 Å². The van der Waals surface area contributed by atoms with Gasteiger partial charge in [0.25, 0.3) is 0 Å². The van der Waals surface area contributed by atoms with Crippen LogP contribution in [0.25, 0.3) is 17.0 Å². The van der Waals surface area contributed by atoms with Crippen molar-refractivity contribution < 1.29 is 5.11 Å². The molecule has 0 aliphatic rings. The van der Waals surface area contributed by atoms with E-state index >= 15 is 0 Å². The summed E-state index contributed by atoms with van der Waals surface area (Å²) in [5.74, 6) is 0. The number of fused-ring (bicyclic) bond motifs is 1. The van der Waals surface area contributed by atoms with Gasteiger partial charge in [-0.1, -0.05) is 84.4 Å². The van der Waals surface area contributed by atoms with Crippen LogP contribution in [0, 0.1) is 0 Å². The van der Waals surface area contributed by atoms with Crippen LogP contribution in [0.1, 0.15) is 23.2 Å². The summed E-state index contributed by atoms with van der Waals surface area (Å²) in [7, 11) is 0. The van der Waals surface area contributed by atoms with Crippen LogP contribution >= 0.6 is 11.6 Å². The highest BCUT2D eigenvalue weighted by molar-refractivity contribution is 6.31. The van der Waals surface area contributed by atoms with Gasteiger partial charge < -0.3 is 5.11 Å². The molecule has 4 rings (SSSR count). The van der Waals surface area contributed by atoms with Crippen molar-refractivity contribution >= 4 is 28.6 Å². The van der Waals surface area contributed by atoms with Crippen molar-refractivity contribution in [2.24, 2.45) is 0 Å². The summed E-state index contributed by atoms with van der Waals surface area (Å²) in [6.07, 6.45) is 5.09. The summed E-state index contributed by atoms with van der Waals surface area (Å²) in [6.45, 7) is 0. The van der Waals surface area contributed by atoms with Crippen LogP contribution in [0.3, 0.4) is 0 Å². The zero-order chi connectivity index (χ0) is 20.1. The maximum Gasteiger partial charge on any atom is 0.108 e. The van der Waals surface area contributed by atoms with E-state index < -0.39 is 5.60 Å². The Morgan fingerprint density at radius 3 is 2.31 bits per heavy atom. The maximum absolute atomic E-state index is 11.5. The van der Waals surface area contributed by atoms with Crippen LogP contribution in [0.2, 0.25) is 5.02 Å². The van der Waals surface area contributed by atoms with Gasteiger partial charge in [-0.3, -0.25) is 0 Å². The number of hydrogen-bond acceptors (Lipinski definition) is 2. The molecule has 1 N–H and O–H groups in total. The van der Waals surface area contributed by atoms with Crippen molar-refractivity contribution in [2.45, 2.75) is 18.4 Å². The zero-order valence-corrected chi connectivity index (χ0v) is 16.8. The summed E-state index contributed by atoms with van der Waals surface area (Å²) >= 11 is 6.10. The molecule has 2 nitrogen and oxygen atoms in total. The minimum absolute atomic E-state index is 0.580. The topological polar surface area (TPSA) is 33.1 Å². The highest BCUT2D eigenvalue weighted by Gasteiger charge is 2.25. The third kappa shape index (κ3) is 4.73. The first kappa shape index (κ1) is 19.4. The molecule has 0 spiro atoms. The van der Waals surface area contributed by atoms with Crippen molar-refractivity contribution in [3.05, 3.63) is 119 Å². The fraction of sp³-hybridized carbons (Fsp3) is 0.115. The third-order valence-corrected chi connectivity index (χ3v) is 5.35. The van der Waals surface area contributed by atoms with E-state index in [-0.39, 0.29) is 0 Å². The molecule has 0 amide bonds. The van der Waals surface area contributed by atoms with Gasteiger partial charge in [-0.2, -0.15) is 0 Å².